The minimum absolute atomic E-state index is 0.286. The second kappa shape index (κ2) is 4.48. The third-order valence-electron chi connectivity index (χ3n) is 2.56. The number of halogens is 1. The molecule has 1 fully saturated rings. The van der Waals surface area contributed by atoms with Crippen LogP contribution in [0.4, 0.5) is 4.39 Å². The van der Waals surface area contributed by atoms with Crippen molar-refractivity contribution < 1.29 is 9.18 Å². The van der Waals surface area contributed by atoms with Crippen molar-refractivity contribution >= 4 is 6.29 Å². The highest BCUT2D eigenvalue weighted by molar-refractivity contribution is 5.70. The predicted octanol–water partition coefficient (Wildman–Crippen LogP) is -0.00810. The van der Waals surface area contributed by atoms with Crippen LogP contribution in [0.15, 0.2) is 6.20 Å². The molecule has 0 unspecified atom stereocenters. The second-order valence-electron chi connectivity index (χ2n) is 3.80. The normalized spacial score (nSPS) is 17.7. The lowest BCUT2D eigenvalue weighted by Crippen LogP contribution is -2.49. The number of aromatic nitrogens is 3. The minimum Gasteiger partial charge on any atom is -0.300 e. The number of carbonyl (C=O) groups is 1. The summed E-state index contributed by atoms with van der Waals surface area (Å²) in [7, 11) is 0. The SMILES string of the molecule is O=Cc1cn(CC2CN(CCF)C2)nn1. The molecule has 1 aromatic heterocycles. The highest BCUT2D eigenvalue weighted by atomic mass is 19.1. The van der Waals surface area contributed by atoms with Crippen molar-refractivity contribution in [3.05, 3.63) is 11.9 Å². The van der Waals surface area contributed by atoms with Crippen LogP contribution in [-0.4, -0.2) is 52.5 Å². The summed E-state index contributed by atoms with van der Waals surface area (Å²) >= 11 is 0. The standard InChI is InChI=1S/C9H13FN4O/c10-1-2-13-3-8(4-13)5-14-6-9(7-15)11-12-14/h6-8H,1-5H2. The maximum Gasteiger partial charge on any atom is 0.171 e. The molecule has 0 N–H and O–H groups in total. The van der Waals surface area contributed by atoms with Crippen LogP contribution in [0.1, 0.15) is 10.5 Å². The van der Waals surface area contributed by atoms with E-state index >= 15 is 0 Å². The van der Waals surface area contributed by atoms with Crippen molar-refractivity contribution in [3.63, 3.8) is 0 Å². The fourth-order valence-electron chi connectivity index (χ4n) is 1.82. The number of aldehydes is 1. The number of carbonyl (C=O) groups excluding carboxylic acids is 1. The molecular weight excluding hydrogens is 199 g/mol. The van der Waals surface area contributed by atoms with E-state index in [4.69, 9.17) is 0 Å². The third-order valence-corrected chi connectivity index (χ3v) is 2.56. The summed E-state index contributed by atoms with van der Waals surface area (Å²) in [5, 5.41) is 7.50. The molecule has 0 radical (unpaired) electrons. The van der Waals surface area contributed by atoms with Crippen LogP contribution in [0.5, 0.6) is 0 Å². The Bertz CT molecular complexity index is 335. The summed E-state index contributed by atoms with van der Waals surface area (Å²) < 4.78 is 13.6. The topological polar surface area (TPSA) is 51.0 Å². The van der Waals surface area contributed by atoms with Gasteiger partial charge in [-0.2, -0.15) is 0 Å². The van der Waals surface area contributed by atoms with E-state index in [0.717, 1.165) is 19.6 Å². The fraction of sp³-hybridized carbons (Fsp3) is 0.667. The first-order valence-electron chi connectivity index (χ1n) is 4.95. The molecule has 2 rings (SSSR count). The number of likely N-dealkylation sites (tertiary alicyclic amines) is 1. The lowest BCUT2D eigenvalue weighted by Gasteiger charge is -2.38. The van der Waals surface area contributed by atoms with Gasteiger partial charge in [-0.05, 0) is 0 Å². The molecule has 1 saturated heterocycles. The summed E-state index contributed by atoms with van der Waals surface area (Å²) in [5.41, 5.74) is 0.356. The Morgan fingerprint density at radius 2 is 2.40 bits per heavy atom. The molecule has 1 aromatic rings. The maximum atomic E-state index is 12.0. The number of nitrogens with zero attached hydrogens (tertiary/aromatic N) is 4. The van der Waals surface area contributed by atoms with Gasteiger partial charge >= 0.3 is 0 Å². The predicted molar refractivity (Wildman–Crippen MR) is 51.3 cm³/mol. The number of hydrogen-bond acceptors (Lipinski definition) is 4. The zero-order valence-electron chi connectivity index (χ0n) is 8.34. The van der Waals surface area contributed by atoms with Crippen LogP contribution in [0.3, 0.4) is 0 Å². The minimum atomic E-state index is -0.286. The summed E-state index contributed by atoms with van der Waals surface area (Å²) in [6, 6.07) is 0. The first-order chi connectivity index (χ1) is 7.31. The van der Waals surface area contributed by atoms with Gasteiger partial charge in [-0.25, -0.2) is 4.39 Å². The highest BCUT2D eigenvalue weighted by Crippen LogP contribution is 2.16. The van der Waals surface area contributed by atoms with E-state index in [1.165, 1.54) is 0 Å². The van der Waals surface area contributed by atoms with Crippen molar-refractivity contribution in [2.75, 3.05) is 26.3 Å². The smallest absolute Gasteiger partial charge is 0.171 e. The van der Waals surface area contributed by atoms with Gasteiger partial charge in [0.2, 0.25) is 0 Å². The van der Waals surface area contributed by atoms with Gasteiger partial charge in [0.15, 0.2) is 6.29 Å². The summed E-state index contributed by atoms with van der Waals surface area (Å²) in [6.45, 7) is 2.79. The Labute approximate surface area is 86.9 Å². The Balaban J connectivity index is 1.77. The molecule has 1 aliphatic heterocycles. The van der Waals surface area contributed by atoms with Gasteiger partial charge in [0.25, 0.3) is 0 Å². The fourth-order valence-corrected chi connectivity index (χ4v) is 1.82. The molecule has 2 heterocycles. The molecular formula is C9H13FN4O. The zero-order valence-corrected chi connectivity index (χ0v) is 8.34. The first-order valence-corrected chi connectivity index (χ1v) is 4.95. The van der Waals surface area contributed by atoms with E-state index in [1.54, 1.807) is 10.9 Å². The third kappa shape index (κ3) is 2.38. The zero-order chi connectivity index (χ0) is 10.7. The molecule has 5 nitrogen and oxygen atoms in total. The van der Waals surface area contributed by atoms with E-state index in [-0.39, 0.29) is 6.67 Å². The molecule has 0 aliphatic carbocycles. The van der Waals surface area contributed by atoms with Crippen LogP contribution >= 0.6 is 0 Å². The van der Waals surface area contributed by atoms with Crippen LogP contribution in [0.2, 0.25) is 0 Å². The van der Waals surface area contributed by atoms with Crippen molar-refractivity contribution in [1.82, 2.24) is 19.9 Å². The summed E-state index contributed by atoms with van der Waals surface area (Å²) in [5.74, 6) is 0.498. The largest absolute Gasteiger partial charge is 0.300 e. The molecule has 1 aliphatic rings. The van der Waals surface area contributed by atoms with Crippen molar-refractivity contribution in [3.8, 4) is 0 Å². The average molecular weight is 212 g/mol. The van der Waals surface area contributed by atoms with Crippen molar-refractivity contribution in [2.45, 2.75) is 6.54 Å². The van der Waals surface area contributed by atoms with Crippen LogP contribution in [0.25, 0.3) is 0 Å². The molecule has 0 saturated carbocycles. The van der Waals surface area contributed by atoms with Gasteiger partial charge in [-0.1, -0.05) is 5.21 Å². The van der Waals surface area contributed by atoms with Crippen molar-refractivity contribution in [1.29, 1.82) is 0 Å². The summed E-state index contributed by atoms with van der Waals surface area (Å²) in [4.78, 5) is 12.4. The Morgan fingerprint density at radius 1 is 1.60 bits per heavy atom. The number of alkyl halides is 1. The van der Waals surface area contributed by atoms with Crippen LogP contribution < -0.4 is 0 Å². The average Bonchev–Trinajstić information content (AvgIpc) is 2.62. The molecule has 0 aromatic carbocycles. The van der Waals surface area contributed by atoms with Gasteiger partial charge in [0.1, 0.15) is 12.4 Å². The lowest BCUT2D eigenvalue weighted by molar-refractivity contribution is 0.0784. The van der Waals surface area contributed by atoms with Crippen molar-refractivity contribution in [2.24, 2.45) is 5.92 Å². The monoisotopic (exact) mass is 212 g/mol. The van der Waals surface area contributed by atoms with E-state index in [9.17, 15) is 9.18 Å². The maximum absolute atomic E-state index is 12.0. The Hall–Kier alpha value is -1.30. The van der Waals surface area contributed by atoms with Gasteiger partial charge in [0.05, 0.1) is 6.20 Å². The molecule has 82 valence electrons. The van der Waals surface area contributed by atoms with Crippen LogP contribution in [-0.2, 0) is 6.54 Å². The molecule has 0 bridgehead atoms. The quantitative estimate of drug-likeness (QED) is 0.644. The Morgan fingerprint density at radius 3 is 3.00 bits per heavy atom. The molecule has 0 atom stereocenters. The van der Waals surface area contributed by atoms with Gasteiger partial charge in [0, 0.05) is 32.1 Å². The second-order valence-corrected chi connectivity index (χ2v) is 3.80. The van der Waals surface area contributed by atoms with Gasteiger partial charge in [-0.15, -0.1) is 5.10 Å². The van der Waals surface area contributed by atoms with Gasteiger partial charge in [-0.3, -0.25) is 14.4 Å². The number of hydrogen-bond donors (Lipinski definition) is 0. The van der Waals surface area contributed by atoms with E-state index in [1.807, 2.05) is 0 Å². The molecule has 0 amide bonds. The van der Waals surface area contributed by atoms with E-state index in [0.29, 0.717) is 24.4 Å². The number of rotatable bonds is 5. The molecule has 15 heavy (non-hydrogen) atoms. The Kier molecular flexibility index (Phi) is 3.05. The van der Waals surface area contributed by atoms with E-state index < -0.39 is 0 Å². The van der Waals surface area contributed by atoms with Crippen LogP contribution in [0, 0.1) is 5.92 Å². The molecule has 6 heteroatoms. The lowest BCUT2D eigenvalue weighted by atomic mass is 10.0. The highest BCUT2D eigenvalue weighted by Gasteiger charge is 2.26. The first kappa shape index (κ1) is 10.2. The molecule has 0 spiro atoms. The van der Waals surface area contributed by atoms with E-state index in [2.05, 4.69) is 15.2 Å². The summed E-state index contributed by atoms with van der Waals surface area (Å²) in [6.07, 6.45) is 2.31. The van der Waals surface area contributed by atoms with Gasteiger partial charge < -0.3 is 0 Å².